The third kappa shape index (κ3) is 2.75. The summed E-state index contributed by atoms with van der Waals surface area (Å²) in [5.74, 6) is 0. The average molecular weight is 392 g/mol. The van der Waals surface area contributed by atoms with Gasteiger partial charge in [-0.2, -0.15) is 0 Å². The third-order valence-corrected chi connectivity index (χ3v) is 2.26. The fraction of sp³-hybridized carbons (Fsp3) is 0.154. The largest absolute Gasteiger partial charge is 0.298 e. The van der Waals surface area contributed by atoms with Gasteiger partial charge in [0.05, 0.1) is 5.69 Å². The first kappa shape index (κ1) is 13.0. The summed E-state index contributed by atoms with van der Waals surface area (Å²) in [6, 6.07) is 14.3. The molecule has 85 valence electrons. The van der Waals surface area contributed by atoms with Crippen molar-refractivity contribution in [3.63, 3.8) is 0 Å². The van der Waals surface area contributed by atoms with Gasteiger partial charge in [-0.3, -0.25) is 4.98 Å². The molecule has 1 radical (unpaired) electrons. The molecule has 0 saturated heterocycles. The Kier molecular flexibility index (Phi) is 4.78. The number of hydrogen-bond acceptors (Lipinski definition) is 1. The van der Waals surface area contributed by atoms with Crippen LogP contribution < -0.4 is 0 Å². The average Bonchev–Trinajstić information content (AvgIpc) is 2.31. The maximum Gasteiger partial charge on any atom is 0.130 e. The van der Waals surface area contributed by atoms with Gasteiger partial charge >= 0.3 is 0 Å². The van der Waals surface area contributed by atoms with Crippen molar-refractivity contribution in [1.82, 2.24) is 4.98 Å². The molecule has 3 heteroatoms. The SMILES string of the molecule is Cc1ccc(CF)nc1-c1[c-]cccc1.[Ir]. The Bertz CT molecular complexity index is 457. The van der Waals surface area contributed by atoms with E-state index in [1.54, 1.807) is 6.07 Å². The number of pyridine rings is 1. The minimum atomic E-state index is -0.528. The van der Waals surface area contributed by atoms with Crippen molar-refractivity contribution in [2.24, 2.45) is 0 Å². The van der Waals surface area contributed by atoms with Crippen molar-refractivity contribution < 1.29 is 24.5 Å². The summed E-state index contributed by atoms with van der Waals surface area (Å²) in [4.78, 5) is 4.25. The fourth-order valence-corrected chi connectivity index (χ4v) is 1.46. The zero-order valence-corrected chi connectivity index (χ0v) is 11.2. The van der Waals surface area contributed by atoms with E-state index in [-0.39, 0.29) is 20.1 Å². The van der Waals surface area contributed by atoms with E-state index in [2.05, 4.69) is 11.1 Å². The molecular weight excluding hydrogens is 381 g/mol. The van der Waals surface area contributed by atoms with Crippen LogP contribution in [0.25, 0.3) is 11.3 Å². The van der Waals surface area contributed by atoms with E-state index in [1.807, 2.05) is 37.3 Å². The number of aryl methyl sites for hydroxylation is 1. The molecule has 2 aromatic rings. The number of benzene rings is 1. The Balaban J connectivity index is 0.00000128. The van der Waals surface area contributed by atoms with Gasteiger partial charge in [-0.15, -0.1) is 35.9 Å². The van der Waals surface area contributed by atoms with Gasteiger partial charge in [-0.25, -0.2) is 4.39 Å². The summed E-state index contributed by atoms with van der Waals surface area (Å²) in [5, 5.41) is 0. The fourth-order valence-electron chi connectivity index (χ4n) is 1.46. The molecule has 16 heavy (non-hydrogen) atoms. The molecule has 0 N–H and O–H groups in total. The van der Waals surface area contributed by atoms with Crippen LogP contribution in [0.5, 0.6) is 0 Å². The molecular formula is C13H11FIrN-. The molecule has 2 rings (SSSR count). The molecule has 0 aliphatic carbocycles. The van der Waals surface area contributed by atoms with Crippen molar-refractivity contribution in [1.29, 1.82) is 0 Å². The van der Waals surface area contributed by atoms with E-state index in [0.29, 0.717) is 5.69 Å². The van der Waals surface area contributed by atoms with Gasteiger partial charge in [-0.05, 0) is 18.7 Å². The predicted octanol–water partition coefficient (Wildman–Crippen LogP) is 3.32. The van der Waals surface area contributed by atoms with Crippen molar-refractivity contribution in [2.75, 3.05) is 0 Å². The Morgan fingerprint density at radius 2 is 2.06 bits per heavy atom. The standard InChI is InChI=1S/C13H11FN.Ir/c1-10-7-8-12(9-14)15-13(10)11-5-3-2-4-6-11;/h2-5,7-8H,9H2,1H3;/q-1;. The monoisotopic (exact) mass is 393 g/mol. The van der Waals surface area contributed by atoms with Gasteiger partial charge in [0.2, 0.25) is 0 Å². The Morgan fingerprint density at radius 3 is 2.69 bits per heavy atom. The van der Waals surface area contributed by atoms with Crippen molar-refractivity contribution in [3.8, 4) is 11.3 Å². The second-order valence-corrected chi connectivity index (χ2v) is 3.38. The molecule has 1 heterocycles. The van der Waals surface area contributed by atoms with Crippen LogP contribution in [-0.2, 0) is 26.8 Å². The zero-order chi connectivity index (χ0) is 10.7. The maximum absolute atomic E-state index is 12.5. The van der Waals surface area contributed by atoms with Crippen LogP contribution in [0.4, 0.5) is 4.39 Å². The van der Waals surface area contributed by atoms with Crippen LogP contribution in [0.2, 0.25) is 0 Å². The number of rotatable bonds is 2. The molecule has 1 nitrogen and oxygen atoms in total. The Hall–Kier alpha value is -1.05. The third-order valence-electron chi connectivity index (χ3n) is 2.26. The summed E-state index contributed by atoms with van der Waals surface area (Å²) >= 11 is 0. The van der Waals surface area contributed by atoms with E-state index >= 15 is 0 Å². The zero-order valence-electron chi connectivity index (χ0n) is 8.83. The number of alkyl halides is 1. The Morgan fingerprint density at radius 1 is 1.25 bits per heavy atom. The van der Waals surface area contributed by atoms with Crippen LogP contribution in [0, 0.1) is 13.0 Å². The van der Waals surface area contributed by atoms with E-state index < -0.39 is 6.67 Å². The van der Waals surface area contributed by atoms with Crippen molar-refractivity contribution >= 4 is 0 Å². The first-order chi connectivity index (χ1) is 7.31. The van der Waals surface area contributed by atoms with Crippen LogP contribution in [0.1, 0.15) is 11.3 Å². The molecule has 0 saturated carbocycles. The molecule has 0 aliphatic heterocycles. The van der Waals surface area contributed by atoms with Crippen LogP contribution in [-0.4, -0.2) is 4.98 Å². The molecule has 0 amide bonds. The summed E-state index contributed by atoms with van der Waals surface area (Å²) in [5.41, 5.74) is 3.22. The minimum absolute atomic E-state index is 0. The van der Waals surface area contributed by atoms with Gasteiger partial charge < -0.3 is 0 Å². The first-order valence-corrected chi connectivity index (χ1v) is 4.81. The maximum atomic E-state index is 12.5. The molecule has 0 spiro atoms. The van der Waals surface area contributed by atoms with E-state index in [1.165, 1.54) is 0 Å². The smallest absolute Gasteiger partial charge is 0.130 e. The van der Waals surface area contributed by atoms with Gasteiger partial charge in [-0.1, -0.05) is 11.6 Å². The molecule has 0 unspecified atom stereocenters. The molecule has 1 aromatic heterocycles. The second-order valence-electron chi connectivity index (χ2n) is 3.38. The van der Waals surface area contributed by atoms with Gasteiger partial charge in [0.1, 0.15) is 6.67 Å². The topological polar surface area (TPSA) is 12.9 Å². The summed E-state index contributed by atoms with van der Waals surface area (Å²) in [6.45, 7) is 1.44. The van der Waals surface area contributed by atoms with Gasteiger partial charge in [0.15, 0.2) is 0 Å². The van der Waals surface area contributed by atoms with E-state index in [0.717, 1.165) is 16.8 Å². The quantitative estimate of drug-likeness (QED) is 0.715. The van der Waals surface area contributed by atoms with E-state index in [4.69, 9.17) is 0 Å². The molecule has 1 aromatic carbocycles. The Labute approximate surface area is 108 Å². The number of hydrogen-bond donors (Lipinski definition) is 0. The molecule has 0 fully saturated rings. The normalized spacial score (nSPS) is 9.62. The van der Waals surface area contributed by atoms with Crippen LogP contribution in [0.15, 0.2) is 36.4 Å². The molecule has 0 atom stereocenters. The van der Waals surface area contributed by atoms with Crippen LogP contribution >= 0.6 is 0 Å². The first-order valence-electron chi connectivity index (χ1n) is 4.81. The van der Waals surface area contributed by atoms with Gasteiger partial charge in [0, 0.05) is 20.1 Å². The van der Waals surface area contributed by atoms with Crippen LogP contribution in [0.3, 0.4) is 0 Å². The number of nitrogens with zero attached hydrogens (tertiary/aromatic N) is 1. The summed E-state index contributed by atoms with van der Waals surface area (Å²) < 4.78 is 12.5. The number of aromatic nitrogens is 1. The summed E-state index contributed by atoms with van der Waals surface area (Å²) in [7, 11) is 0. The second kappa shape index (κ2) is 5.88. The van der Waals surface area contributed by atoms with Gasteiger partial charge in [0.25, 0.3) is 0 Å². The van der Waals surface area contributed by atoms with Crippen molar-refractivity contribution in [3.05, 3.63) is 53.7 Å². The molecule has 0 aliphatic rings. The van der Waals surface area contributed by atoms with E-state index in [9.17, 15) is 4.39 Å². The predicted molar refractivity (Wildman–Crippen MR) is 58.1 cm³/mol. The number of halogens is 1. The van der Waals surface area contributed by atoms with Crippen molar-refractivity contribution in [2.45, 2.75) is 13.6 Å². The molecule has 0 bridgehead atoms. The summed E-state index contributed by atoms with van der Waals surface area (Å²) in [6.07, 6.45) is 0. The minimum Gasteiger partial charge on any atom is -0.298 e.